The minimum absolute atomic E-state index is 0.0706. The number of hydrogen-bond donors (Lipinski definition) is 2. The summed E-state index contributed by atoms with van der Waals surface area (Å²) in [5.41, 5.74) is 1.07. The van der Waals surface area contributed by atoms with Crippen LogP contribution in [0.25, 0.3) is 11.1 Å². The molecule has 5 rings (SSSR count). The number of carbonyl (C=O) groups is 2. The lowest BCUT2D eigenvalue weighted by atomic mass is 9.88. The Morgan fingerprint density at radius 2 is 1.79 bits per heavy atom. The quantitative estimate of drug-likeness (QED) is 0.248. The third kappa shape index (κ3) is 5.20. The van der Waals surface area contributed by atoms with Crippen LogP contribution in [0.15, 0.2) is 36.7 Å². The summed E-state index contributed by atoms with van der Waals surface area (Å²) >= 11 is 0. The van der Waals surface area contributed by atoms with Gasteiger partial charge in [-0.25, -0.2) is 4.98 Å². The number of aromatic nitrogens is 4. The largest absolute Gasteiger partial charge is 0.618 e. The highest BCUT2D eigenvalue weighted by Gasteiger charge is 2.48. The highest BCUT2D eigenvalue weighted by molar-refractivity contribution is 6.00. The zero-order valence-corrected chi connectivity index (χ0v) is 20.8. The molecule has 2 N–H and O–H groups in total. The number of pyridine rings is 2. The summed E-state index contributed by atoms with van der Waals surface area (Å²) in [5, 5.41) is 20.8. The molecule has 0 spiro atoms. The third-order valence-electron chi connectivity index (χ3n) is 7.18. The first-order chi connectivity index (χ1) is 18.1. The van der Waals surface area contributed by atoms with Crippen LogP contribution in [0.2, 0.25) is 0 Å². The van der Waals surface area contributed by atoms with E-state index in [1.165, 1.54) is 18.3 Å². The SMILES string of the molecule is Cc1cc(-c2ccc(NC(=O)[C@@H](NC(=O)c3ccnn3C(F)F)C(C3CC3)C3CC3)nc2F)c(C)[n+]([O-])c1. The number of nitrogens with one attached hydrogen (secondary N) is 2. The molecule has 0 bridgehead atoms. The van der Waals surface area contributed by atoms with E-state index >= 15 is 4.39 Å². The highest BCUT2D eigenvalue weighted by Crippen LogP contribution is 2.51. The Labute approximate surface area is 216 Å². The number of anilines is 1. The summed E-state index contributed by atoms with van der Waals surface area (Å²) in [4.78, 5) is 30.3. The van der Waals surface area contributed by atoms with Crippen LogP contribution in [-0.2, 0) is 4.79 Å². The molecule has 0 radical (unpaired) electrons. The number of rotatable bonds is 9. The molecular formula is C26H27F3N6O3. The first-order valence-electron chi connectivity index (χ1n) is 12.4. The van der Waals surface area contributed by atoms with E-state index in [1.54, 1.807) is 19.9 Å². The first-order valence-corrected chi connectivity index (χ1v) is 12.4. The average molecular weight is 529 g/mol. The van der Waals surface area contributed by atoms with E-state index in [1.807, 2.05) is 0 Å². The molecule has 1 atom stereocenters. The molecule has 12 heteroatoms. The van der Waals surface area contributed by atoms with Crippen molar-refractivity contribution in [3.8, 4) is 11.1 Å². The van der Waals surface area contributed by atoms with Crippen LogP contribution in [-0.4, -0.2) is 32.6 Å². The molecule has 0 aromatic carbocycles. The standard InChI is InChI=1S/C26H27F3N6O3/c1-13-11-18(14(2)34(38)12-13)17-7-8-20(31-23(17)27)32-25(37)22(21(15-3-4-15)16-5-6-16)33-24(36)19-9-10-30-35(19)26(28)29/h7-12,15-16,21-22,26H,3-6H2,1-2H3,(H,33,36)(H,31,32,37)/t22-/m0/s1. The second kappa shape index (κ2) is 10.1. The van der Waals surface area contributed by atoms with E-state index in [-0.39, 0.29) is 34.8 Å². The van der Waals surface area contributed by atoms with Crippen molar-refractivity contribution in [3.63, 3.8) is 0 Å². The summed E-state index contributed by atoms with van der Waals surface area (Å²) in [5.74, 6) is -2.10. The van der Waals surface area contributed by atoms with Crippen molar-refractivity contribution in [1.29, 1.82) is 0 Å². The summed E-state index contributed by atoms with van der Waals surface area (Å²) in [6, 6.07) is 4.66. The summed E-state index contributed by atoms with van der Waals surface area (Å²) in [7, 11) is 0. The van der Waals surface area contributed by atoms with Crippen molar-refractivity contribution in [2.45, 2.75) is 52.1 Å². The second-order valence-corrected chi connectivity index (χ2v) is 10.0. The second-order valence-electron chi connectivity index (χ2n) is 10.0. The van der Waals surface area contributed by atoms with E-state index in [9.17, 15) is 23.6 Å². The van der Waals surface area contributed by atoms with E-state index in [0.29, 0.717) is 26.2 Å². The van der Waals surface area contributed by atoms with E-state index in [4.69, 9.17) is 0 Å². The van der Waals surface area contributed by atoms with Crippen molar-refractivity contribution in [2.75, 3.05) is 5.32 Å². The molecule has 0 unspecified atom stereocenters. The van der Waals surface area contributed by atoms with Crippen LogP contribution in [0.4, 0.5) is 19.0 Å². The van der Waals surface area contributed by atoms with Gasteiger partial charge in [-0.15, -0.1) is 0 Å². The number of aryl methyl sites for hydroxylation is 1. The van der Waals surface area contributed by atoms with Gasteiger partial charge < -0.3 is 15.8 Å². The fourth-order valence-corrected chi connectivity index (χ4v) is 5.04. The van der Waals surface area contributed by atoms with Gasteiger partial charge in [0.2, 0.25) is 11.9 Å². The minimum Gasteiger partial charge on any atom is -0.618 e. The van der Waals surface area contributed by atoms with Crippen molar-refractivity contribution < 1.29 is 27.5 Å². The summed E-state index contributed by atoms with van der Waals surface area (Å²) in [6.45, 7) is 0.274. The monoisotopic (exact) mass is 528 g/mol. The maximum Gasteiger partial charge on any atom is 0.333 e. The topological polar surface area (TPSA) is 116 Å². The zero-order chi connectivity index (χ0) is 27.1. The van der Waals surface area contributed by atoms with Gasteiger partial charge in [0, 0.05) is 24.2 Å². The lowest BCUT2D eigenvalue weighted by molar-refractivity contribution is -0.612. The molecule has 0 saturated heterocycles. The normalized spacial score (nSPS) is 16.1. The molecule has 3 heterocycles. The number of alkyl halides is 2. The van der Waals surface area contributed by atoms with E-state index < -0.39 is 30.4 Å². The molecule has 2 amide bonds. The Morgan fingerprint density at radius 1 is 1.11 bits per heavy atom. The molecule has 2 saturated carbocycles. The Kier molecular flexibility index (Phi) is 6.80. The van der Waals surface area contributed by atoms with Crippen molar-refractivity contribution in [3.05, 3.63) is 64.8 Å². The van der Waals surface area contributed by atoms with Crippen molar-refractivity contribution >= 4 is 17.6 Å². The van der Waals surface area contributed by atoms with Crippen LogP contribution in [0, 0.1) is 42.8 Å². The third-order valence-corrected chi connectivity index (χ3v) is 7.18. The Hall–Kier alpha value is -3.96. The smallest absolute Gasteiger partial charge is 0.333 e. The summed E-state index contributed by atoms with van der Waals surface area (Å²) < 4.78 is 42.6. The first kappa shape index (κ1) is 25.7. The molecule has 200 valence electrons. The van der Waals surface area contributed by atoms with Gasteiger partial charge in [0.05, 0.1) is 5.56 Å². The minimum atomic E-state index is -3.01. The van der Waals surface area contributed by atoms with Crippen LogP contribution in [0.1, 0.15) is 54.0 Å². The number of nitrogens with zero attached hydrogens (tertiary/aromatic N) is 4. The predicted molar refractivity (Wildman–Crippen MR) is 130 cm³/mol. The molecule has 9 nitrogen and oxygen atoms in total. The van der Waals surface area contributed by atoms with Crippen molar-refractivity contribution in [1.82, 2.24) is 20.1 Å². The number of carbonyl (C=O) groups excluding carboxylic acids is 2. The Morgan fingerprint density at radius 3 is 2.39 bits per heavy atom. The predicted octanol–water partition coefficient (Wildman–Crippen LogP) is 3.90. The summed E-state index contributed by atoms with van der Waals surface area (Å²) in [6.07, 6.45) is 6.12. The van der Waals surface area contributed by atoms with Crippen LogP contribution in [0.3, 0.4) is 0 Å². The van der Waals surface area contributed by atoms with Gasteiger partial charge in [0.1, 0.15) is 17.6 Å². The molecule has 3 aromatic rings. The highest BCUT2D eigenvalue weighted by atomic mass is 19.3. The van der Waals surface area contributed by atoms with Gasteiger partial charge in [-0.05, 0) is 74.6 Å². The van der Waals surface area contributed by atoms with Gasteiger partial charge in [0.25, 0.3) is 5.91 Å². The van der Waals surface area contributed by atoms with Gasteiger partial charge in [-0.3, -0.25) is 9.59 Å². The average Bonchev–Trinajstić information content (AvgIpc) is 3.80. The number of hydrogen-bond acceptors (Lipinski definition) is 5. The molecule has 0 aliphatic heterocycles. The molecule has 3 aromatic heterocycles. The maximum absolute atomic E-state index is 15.1. The molecule has 38 heavy (non-hydrogen) atoms. The maximum atomic E-state index is 15.1. The van der Waals surface area contributed by atoms with Gasteiger partial charge in [-0.1, -0.05) is 0 Å². The lowest BCUT2D eigenvalue weighted by Crippen LogP contribution is -2.50. The lowest BCUT2D eigenvalue weighted by Gasteiger charge is -2.27. The number of amides is 2. The molecular weight excluding hydrogens is 501 g/mol. The molecule has 2 aliphatic rings. The van der Waals surface area contributed by atoms with Gasteiger partial charge in [0.15, 0.2) is 11.9 Å². The fraction of sp³-hybridized carbons (Fsp3) is 0.423. The number of halogens is 3. The van der Waals surface area contributed by atoms with Crippen LogP contribution < -0.4 is 15.4 Å². The fourth-order valence-electron chi connectivity index (χ4n) is 5.04. The van der Waals surface area contributed by atoms with E-state index in [0.717, 1.165) is 37.9 Å². The molecule has 2 aliphatic carbocycles. The van der Waals surface area contributed by atoms with Gasteiger partial charge in [-0.2, -0.15) is 27.7 Å². The van der Waals surface area contributed by atoms with E-state index in [2.05, 4.69) is 20.7 Å². The van der Waals surface area contributed by atoms with Crippen molar-refractivity contribution in [2.24, 2.45) is 17.8 Å². The Bertz CT molecular complexity index is 1370. The van der Waals surface area contributed by atoms with Crippen LogP contribution in [0.5, 0.6) is 0 Å². The zero-order valence-electron chi connectivity index (χ0n) is 20.8. The van der Waals surface area contributed by atoms with Crippen LogP contribution >= 0.6 is 0 Å². The molecule has 2 fully saturated rings. The van der Waals surface area contributed by atoms with Gasteiger partial charge >= 0.3 is 6.55 Å². The Balaban J connectivity index is 1.40.